The molecule has 0 aliphatic carbocycles. The maximum absolute atomic E-state index is 5.88. The predicted octanol–water partition coefficient (Wildman–Crippen LogP) is 3.03. The molecule has 1 rings (SSSR count). The highest BCUT2D eigenvalue weighted by atomic mass is 16.5. The van der Waals surface area contributed by atoms with Crippen LogP contribution in [0.2, 0.25) is 0 Å². The molecule has 0 radical (unpaired) electrons. The van der Waals surface area contributed by atoms with Crippen LogP contribution in [0.1, 0.15) is 33.3 Å². The molecule has 0 bridgehead atoms. The average molecular weight is 265 g/mol. The highest BCUT2D eigenvalue weighted by Crippen LogP contribution is 2.21. The van der Waals surface area contributed by atoms with Gasteiger partial charge in [0.25, 0.3) is 0 Å². The standard InChI is InChI=1S/C16H27NO2/c1-6-17-15(16(3,4)19-7-2)12-13-9-8-10-14(11-13)18-5/h8-11,15,17H,6-7,12H2,1-5H3. The molecule has 1 unspecified atom stereocenters. The normalized spacial score (nSPS) is 13.3. The van der Waals surface area contributed by atoms with Crippen LogP contribution < -0.4 is 10.1 Å². The van der Waals surface area contributed by atoms with Crippen molar-refractivity contribution in [3.8, 4) is 5.75 Å². The third kappa shape index (κ3) is 4.84. The molecular formula is C16H27NO2. The molecule has 1 N–H and O–H groups in total. The summed E-state index contributed by atoms with van der Waals surface area (Å²) < 4.78 is 11.2. The van der Waals surface area contributed by atoms with E-state index in [1.54, 1.807) is 7.11 Å². The van der Waals surface area contributed by atoms with Gasteiger partial charge in [0.15, 0.2) is 0 Å². The zero-order valence-corrected chi connectivity index (χ0v) is 12.8. The summed E-state index contributed by atoms with van der Waals surface area (Å²) in [6.07, 6.45) is 0.929. The Bertz CT molecular complexity index is 377. The van der Waals surface area contributed by atoms with Crippen LogP contribution in [0.15, 0.2) is 24.3 Å². The summed E-state index contributed by atoms with van der Waals surface area (Å²) in [7, 11) is 1.70. The second kappa shape index (κ2) is 7.51. The fourth-order valence-corrected chi connectivity index (χ4v) is 2.32. The molecule has 0 saturated carbocycles. The Morgan fingerprint density at radius 3 is 2.58 bits per heavy atom. The average Bonchev–Trinajstić information content (AvgIpc) is 2.38. The molecule has 0 aliphatic heterocycles. The van der Waals surface area contributed by atoms with Crippen molar-refractivity contribution in [1.29, 1.82) is 0 Å². The minimum atomic E-state index is -0.187. The first-order chi connectivity index (χ1) is 9.03. The van der Waals surface area contributed by atoms with E-state index in [0.29, 0.717) is 0 Å². The molecule has 0 aromatic heterocycles. The van der Waals surface area contributed by atoms with Gasteiger partial charge in [-0.3, -0.25) is 0 Å². The quantitative estimate of drug-likeness (QED) is 0.783. The fraction of sp³-hybridized carbons (Fsp3) is 0.625. The molecule has 0 fully saturated rings. The lowest BCUT2D eigenvalue weighted by molar-refractivity contribution is -0.0377. The predicted molar refractivity (Wildman–Crippen MR) is 79.9 cm³/mol. The van der Waals surface area contributed by atoms with E-state index in [1.165, 1.54) is 5.56 Å². The third-order valence-corrected chi connectivity index (χ3v) is 3.38. The van der Waals surface area contributed by atoms with Crippen LogP contribution in [0.5, 0.6) is 5.75 Å². The SMILES string of the molecule is CCNC(Cc1cccc(OC)c1)C(C)(C)OCC. The molecule has 1 aromatic rings. The molecule has 3 heteroatoms. The van der Waals surface area contributed by atoms with Gasteiger partial charge in [0.05, 0.1) is 12.7 Å². The van der Waals surface area contributed by atoms with Crippen LogP contribution in [0.25, 0.3) is 0 Å². The Kier molecular flexibility index (Phi) is 6.32. The molecule has 1 atom stereocenters. The first kappa shape index (κ1) is 16.0. The van der Waals surface area contributed by atoms with Crippen molar-refractivity contribution >= 4 is 0 Å². The Morgan fingerprint density at radius 2 is 2.00 bits per heavy atom. The Morgan fingerprint density at radius 1 is 1.26 bits per heavy atom. The molecule has 0 spiro atoms. The minimum Gasteiger partial charge on any atom is -0.497 e. The first-order valence-corrected chi connectivity index (χ1v) is 7.03. The zero-order valence-electron chi connectivity index (χ0n) is 12.8. The summed E-state index contributed by atoms with van der Waals surface area (Å²) in [5.41, 5.74) is 1.08. The van der Waals surface area contributed by atoms with E-state index >= 15 is 0 Å². The van der Waals surface area contributed by atoms with Crippen molar-refractivity contribution in [3.05, 3.63) is 29.8 Å². The van der Waals surface area contributed by atoms with E-state index < -0.39 is 0 Å². The van der Waals surface area contributed by atoms with Crippen LogP contribution in [-0.2, 0) is 11.2 Å². The number of hydrogen-bond acceptors (Lipinski definition) is 3. The molecule has 108 valence electrons. The molecule has 0 heterocycles. The molecule has 3 nitrogen and oxygen atoms in total. The summed E-state index contributed by atoms with van der Waals surface area (Å²) in [6.45, 7) is 10.1. The lowest BCUT2D eigenvalue weighted by Gasteiger charge is -2.35. The van der Waals surface area contributed by atoms with Gasteiger partial charge in [-0.15, -0.1) is 0 Å². The van der Waals surface area contributed by atoms with Gasteiger partial charge in [-0.2, -0.15) is 0 Å². The lowest BCUT2D eigenvalue weighted by Crippen LogP contribution is -2.50. The van der Waals surface area contributed by atoms with Gasteiger partial charge in [-0.1, -0.05) is 19.1 Å². The monoisotopic (exact) mass is 265 g/mol. The van der Waals surface area contributed by atoms with E-state index in [2.05, 4.69) is 38.2 Å². The highest BCUT2D eigenvalue weighted by molar-refractivity contribution is 5.29. The zero-order chi connectivity index (χ0) is 14.3. The van der Waals surface area contributed by atoms with E-state index in [1.807, 2.05) is 19.1 Å². The summed E-state index contributed by atoms with van der Waals surface area (Å²) in [4.78, 5) is 0. The molecule has 0 amide bonds. The number of likely N-dealkylation sites (N-methyl/N-ethyl adjacent to an activating group) is 1. The first-order valence-electron chi connectivity index (χ1n) is 7.03. The van der Waals surface area contributed by atoms with E-state index in [0.717, 1.165) is 25.3 Å². The van der Waals surface area contributed by atoms with Crippen LogP contribution in [-0.4, -0.2) is 31.9 Å². The minimum absolute atomic E-state index is 0.187. The van der Waals surface area contributed by atoms with Gasteiger partial charge in [-0.25, -0.2) is 0 Å². The number of rotatable bonds is 8. The number of benzene rings is 1. The second-order valence-electron chi connectivity index (χ2n) is 5.20. The van der Waals surface area contributed by atoms with Crippen LogP contribution in [0.4, 0.5) is 0 Å². The van der Waals surface area contributed by atoms with E-state index in [9.17, 15) is 0 Å². The van der Waals surface area contributed by atoms with Gasteiger partial charge < -0.3 is 14.8 Å². The van der Waals surface area contributed by atoms with Gasteiger partial charge in [0, 0.05) is 12.6 Å². The van der Waals surface area contributed by atoms with Crippen molar-refractivity contribution in [2.24, 2.45) is 0 Å². The molecule has 0 saturated heterocycles. The summed E-state index contributed by atoms with van der Waals surface area (Å²) in [5.74, 6) is 0.905. The Hall–Kier alpha value is -1.06. The van der Waals surface area contributed by atoms with Crippen molar-refractivity contribution < 1.29 is 9.47 Å². The third-order valence-electron chi connectivity index (χ3n) is 3.38. The summed E-state index contributed by atoms with van der Waals surface area (Å²) >= 11 is 0. The molecule has 19 heavy (non-hydrogen) atoms. The van der Waals surface area contributed by atoms with Crippen molar-refractivity contribution in [1.82, 2.24) is 5.32 Å². The topological polar surface area (TPSA) is 30.5 Å². The lowest BCUT2D eigenvalue weighted by atomic mass is 9.92. The maximum atomic E-state index is 5.88. The largest absolute Gasteiger partial charge is 0.497 e. The fourth-order valence-electron chi connectivity index (χ4n) is 2.32. The Balaban J connectivity index is 2.82. The van der Waals surface area contributed by atoms with Crippen LogP contribution in [0.3, 0.4) is 0 Å². The highest BCUT2D eigenvalue weighted by Gasteiger charge is 2.29. The Labute approximate surface area is 117 Å². The summed E-state index contributed by atoms with van der Waals surface area (Å²) in [5, 5.41) is 3.53. The molecule has 1 aromatic carbocycles. The van der Waals surface area contributed by atoms with Gasteiger partial charge >= 0.3 is 0 Å². The van der Waals surface area contributed by atoms with Gasteiger partial charge in [0.2, 0.25) is 0 Å². The second-order valence-corrected chi connectivity index (χ2v) is 5.20. The van der Waals surface area contributed by atoms with Gasteiger partial charge in [0.1, 0.15) is 5.75 Å². The molecule has 0 aliphatic rings. The van der Waals surface area contributed by atoms with Crippen molar-refractivity contribution in [2.45, 2.75) is 45.8 Å². The molecular weight excluding hydrogens is 238 g/mol. The van der Waals surface area contributed by atoms with Crippen molar-refractivity contribution in [3.63, 3.8) is 0 Å². The van der Waals surface area contributed by atoms with E-state index in [-0.39, 0.29) is 11.6 Å². The summed E-state index contributed by atoms with van der Waals surface area (Å²) in [6, 6.07) is 8.51. The maximum Gasteiger partial charge on any atom is 0.119 e. The van der Waals surface area contributed by atoms with Gasteiger partial charge in [-0.05, 0) is 51.4 Å². The van der Waals surface area contributed by atoms with Crippen LogP contribution in [0, 0.1) is 0 Å². The number of methoxy groups -OCH3 is 1. The van der Waals surface area contributed by atoms with Crippen LogP contribution >= 0.6 is 0 Å². The number of ether oxygens (including phenoxy) is 2. The van der Waals surface area contributed by atoms with Crippen molar-refractivity contribution in [2.75, 3.05) is 20.3 Å². The van der Waals surface area contributed by atoms with E-state index in [4.69, 9.17) is 9.47 Å². The number of hydrogen-bond donors (Lipinski definition) is 1. The number of nitrogens with one attached hydrogen (secondary N) is 1. The smallest absolute Gasteiger partial charge is 0.119 e.